The van der Waals surface area contributed by atoms with Gasteiger partial charge in [-0.25, -0.2) is 4.79 Å². The van der Waals surface area contributed by atoms with Crippen LogP contribution in [0.25, 0.3) is 5.57 Å². The zero-order valence-corrected chi connectivity index (χ0v) is 25.1. The summed E-state index contributed by atoms with van der Waals surface area (Å²) in [6, 6.07) is 25.5. The van der Waals surface area contributed by atoms with Crippen molar-refractivity contribution in [3.8, 4) is 5.75 Å². The predicted octanol–water partition coefficient (Wildman–Crippen LogP) is 6.50. The van der Waals surface area contributed by atoms with Gasteiger partial charge in [0.15, 0.2) is 0 Å². The number of aryl methyl sites for hydroxylation is 2. The summed E-state index contributed by atoms with van der Waals surface area (Å²) in [5.41, 5.74) is 8.70. The average Bonchev–Trinajstić information content (AvgIpc) is 3.21. The summed E-state index contributed by atoms with van der Waals surface area (Å²) in [6.45, 7) is 1.15. The molecule has 44 heavy (non-hydrogen) atoms. The van der Waals surface area contributed by atoms with Gasteiger partial charge in [0.25, 0.3) is 0 Å². The molecule has 1 saturated heterocycles. The van der Waals surface area contributed by atoms with E-state index in [0.717, 1.165) is 45.8 Å². The van der Waals surface area contributed by atoms with Crippen molar-refractivity contribution in [3.63, 3.8) is 0 Å². The van der Waals surface area contributed by atoms with E-state index < -0.39 is 12.1 Å². The molecule has 1 aromatic heterocycles. The minimum absolute atomic E-state index is 0.107. The lowest BCUT2D eigenvalue weighted by molar-refractivity contribution is -0.133. The molecule has 2 heterocycles. The number of ether oxygens (including phenoxy) is 1. The highest BCUT2D eigenvalue weighted by Crippen LogP contribution is 2.38. The van der Waals surface area contributed by atoms with E-state index in [2.05, 4.69) is 23.5 Å². The van der Waals surface area contributed by atoms with Crippen LogP contribution >= 0.6 is 11.6 Å². The summed E-state index contributed by atoms with van der Waals surface area (Å²) < 4.78 is 5.45. The number of benzene rings is 3. The van der Waals surface area contributed by atoms with Crippen LogP contribution in [-0.2, 0) is 35.4 Å². The number of halogens is 1. The fourth-order valence-electron chi connectivity index (χ4n) is 6.08. The van der Waals surface area contributed by atoms with Crippen LogP contribution in [0.3, 0.4) is 0 Å². The van der Waals surface area contributed by atoms with Crippen molar-refractivity contribution in [2.75, 3.05) is 13.1 Å². The zero-order valence-electron chi connectivity index (χ0n) is 24.3. The van der Waals surface area contributed by atoms with Crippen LogP contribution in [0.5, 0.6) is 5.75 Å². The number of hydrogen-bond donors (Lipinski definition) is 2. The van der Waals surface area contributed by atoms with E-state index in [-0.39, 0.29) is 24.7 Å². The number of nitrogens with zero attached hydrogens (tertiary/aromatic N) is 2. The Hall–Kier alpha value is -4.62. The number of pyridine rings is 1. The lowest BCUT2D eigenvalue weighted by Crippen LogP contribution is -2.51. The molecule has 8 heteroatoms. The number of rotatable bonds is 6. The van der Waals surface area contributed by atoms with Gasteiger partial charge in [-0.1, -0.05) is 71.8 Å². The van der Waals surface area contributed by atoms with E-state index in [4.69, 9.17) is 21.3 Å². The molecule has 2 aliphatic rings. The normalized spacial score (nSPS) is 15.1. The number of carbonyl (C=O) groups is 2. The first-order valence-electron chi connectivity index (χ1n) is 14.9. The number of likely N-dealkylation sites (tertiary alicyclic amines) is 1. The molecule has 0 spiro atoms. The molecule has 0 saturated carbocycles. The van der Waals surface area contributed by atoms with E-state index in [0.29, 0.717) is 25.9 Å². The first kappa shape index (κ1) is 29.5. The molecule has 0 bridgehead atoms. The number of phenols is 1. The number of phenolic OH excluding ortho intramolecular Hbond substituents is 1. The monoisotopic (exact) mass is 607 g/mol. The van der Waals surface area contributed by atoms with Crippen molar-refractivity contribution < 1.29 is 19.4 Å². The highest BCUT2D eigenvalue weighted by atomic mass is 35.5. The first-order chi connectivity index (χ1) is 21.4. The molecule has 1 atom stereocenters. The minimum Gasteiger partial charge on any atom is -0.508 e. The number of hydrogen-bond acceptors (Lipinski definition) is 5. The second kappa shape index (κ2) is 13.3. The summed E-state index contributed by atoms with van der Waals surface area (Å²) in [5, 5.41) is 13.3. The molecule has 2 N–H and O–H groups in total. The van der Waals surface area contributed by atoms with Crippen molar-refractivity contribution >= 4 is 29.2 Å². The van der Waals surface area contributed by atoms with Crippen molar-refractivity contribution in [2.24, 2.45) is 0 Å². The van der Waals surface area contributed by atoms with E-state index >= 15 is 0 Å². The van der Waals surface area contributed by atoms with Crippen molar-refractivity contribution in [2.45, 2.75) is 44.8 Å². The lowest BCUT2D eigenvalue weighted by Gasteiger charge is -2.33. The van der Waals surface area contributed by atoms with Gasteiger partial charge < -0.3 is 20.1 Å². The number of aromatic nitrogens is 1. The highest BCUT2D eigenvalue weighted by Gasteiger charge is 2.31. The number of piperidine rings is 1. The standard InChI is InChI=1S/C36H34ClN3O4/c37-29-12-15-31-28(22-29)11-10-27-7-4-18-38-34(27)33(31)26-16-19-40(20-17-26)35(42)32(21-24-8-13-30(41)14-9-24)39-36(43)44-23-25-5-2-1-3-6-25/h1-9,12-15,18,22,32,41H,10-11,16-17,19-21,23H2,(H,39,43)/t32-/m1/s1. The van der Waals surface area contributed by atoms with E-state index in [1.807, 2.05) is 53.6 Å². The second-order valence-corrected chi connectivity index (χ2v) is 11.7. The van der Waals surface area contributed by atoms with Gasteiger partial charge in [0, 0.05) is 36.3 Å². The third kappa shape index (κ3) is 6.79. The number of nitrogens with one attached hydrogen (secondary N) is 1. The molecule has 1 fully saturated rings. The van der Waals surface area contributed by atoms with Crippen molar-refractivity contribution in [1.82, 2.24) is 15.2 Å². The number of amides is 2. The van der Waals surface area contributed by atoms with Crippen LogP contribution in [0.15, 0.2) is 96.7 Å². The molecule has 3 aromatic carbocycles. The quantitative estimate of drug-likeness (QED) is 0.261. The van der Waals surface area contributed by atoms with Crippen LogP contribution in [-0.4, -0.2) is 46.1 Å². The summed E-state index contributed by atoms with van der Waals surface area (Å²) >= 11 is 6.38. The van der Waals surface area contributed by atoms with Crippen LogP contribution in [0.2, 0.25) is 5.02 Å². The van der Waals surface area contributed by atoms with Crippen LogP contribution in [0.4, 0.5) is 4.79 Å². The van der Waals surface area contributed by atoms with Gasteiger partial charge >= 0.3 is 6.09 Å². The Morgan fingerprint density at radius 3 is 2.41 bits per heavy atom. The predicted molar refractivity (Wildman–Crippen MR) is 170 cm³/mol. The molecule has 2 amide bonds. The van der Waals surface area contributed by atoms with E-state index in [1.165, 1.54) is 16.7 Å². The topological polar surface area (TPSA) is 91.8 Å². The third-order valence-corrected chi connectivity index (χ3v) is 8.57. The largest absolute Gasteiger partial charge is 0.508 e. The van der Waals surface area contributed by atoms with Crippen LogP contribution in [0.1, 0.15) is 46.4 Å². The van der Waals surface area contributed by atoms with Gasteiger partial charge in [0.1, 0.15) is 18.4 Å². The molecule has 7 nitrogen and oxygen atoms in total. The highest BCUT2D eigenvalue weighted by molar-refractivity contribution is 6.30. The Bertz CT molecular complexity index is 1680. The number of alkyl carbamates (subject to hydrolysis) is 1. The number of aromatic hydroxyl groups is 1. The fraction of sp³-hybridized carbons (Fsp3) is 0.250. The van der Waals surface area contributed by atoms with Gasteiger partial charge in [-0.15, -0.1) is 0 Å². The number of fused-ring (bicyclic) bond motifs is 2. The summed E-state index contributed by atoms with van der Waals surface area (Å²) in [5.74, 6) is -0.0211. The van der Waals surface area contributed by atoms with Gasteiger partial charge in [0.2, 0.25) is 5.91 Å². The maximum atomic E-state index is 13.9. The molecular formula is C36H34ClN3O4. The molecule has 1 aliphatic carbocycles. The SMILES string of the molecule is O=C(N[C@H](Cc1ccc(O)cc1)C(=O)N1CCC(=C2c3ccc(Cl)cc3CCc3cccnc32)CC1)OCc1ccccc1. The molecule has 0 unspecified atom stereocenters. The Morgan fingerprint density at radius 2 is 1.64 bits per heavy atom. The maximum absolute atomic E-state index is 13.9. The Morgan fingerprint density at radius 1 is 0.886 bits per heavy atom. The minimum atomic E-state index is -0.819. The van der Waals surface area contributed by atoms with Crippen LogP contribution in [0, 0.1) is 0 Å². The molecule has 1 aliphatic heterocycles. The van der Waals surface area contributed by atoms with Gasteiger partial charge in [-0.05, 0) is 83.8 Å². The van der Waals surface area contributed by atoms with Gasteiger partial charge in [-0.2, -0.15) is 0 Å². The molecule has 6 rings (SSSR count). The summed E-state index contributed by atoms with van der Waals surface area (Å²) in [6.07, 6.45) is 4.64. The average molecular weight is 608 g/mol. The summed E-state index contributed by atoms with van der Waals surface area (Å²) in [7, 11) is 0. The molecule has 224 valence electrons. The third-order valence-electron chi connectivity index (χ3n) is 8.34. The second-order valence-electron chi connectivity index (χ2n) is 11.2. The lowest BCUT2D eigenvalue weighted by atomic mass is 9.88. The van der Waals surface area contributed by atoms with E-state index in [9.17, 15) is 14.7 Å². The number of carbonyl (C=O) groups excluding carboxylic acids is 2. The van der Waals surface area contributed by atoms with Crippen LogP contribution < -0.4 is 5.32 Å². The smallest absolute Gasteiger partial charge is 0.408 e. The van der Waals surface area contributed by atoms with Gasteiger partial charge in [0.05, 0.1) is 5.69 Å². The summed E-state index contributed by atoms with van der Waals surface area (Å²) in [4.78, 5) is 33.4. The Labute approximate surface area is 262 Å². The first-order valence-corrected chi connectivity index (χ1v) is 15.3. The maximum Gasteiger partial charge on any atom is 0.408 e. The Balaban J connectivity index is 1.21. The van der Waals surface area contributed by atoms with Crippen molar-refractivity contribution in [3.05, 3.63) is 135 Å². The zero-order chi connectivity index (χ0) is 30.5. The molecule has 4 aromatic rings. The fourth-order valence-corrected chi connectivity index (χ4v) is 6.27. The van der Waals surface area contributed by atoms with Crippen molar-refractivity contribution in [1.29, 1.82) is 0 Å². The van der Waals surface area contributed by atoms with E-state index in [1.54, 1.807) is 24.3 Å². The Kier molecular flexibility index (Phi) is 8.94. The molecular weight excluding hydrogens is 574 g/mol. The van der Waals surface area contributed by atoms with Gasteiger partial charge in [-0.3, -0.25) is 9.78 Å². The molecule has 0 radical (unpaired) electrons.